The number of fused-ring (bicyclic) bond motifs is 1. The Morgan fingerprint density at radius 1 is 1.03 bits per heavy atom. The van der Waals surface area contributed by atoms with Crippen molar-refractivity contribution in [2.75, 3.05) is 20.8 Å². The summed E-state index contributed by atoms with van der Waals surface area (Å²) in [6.45, 7) is 2.36. The van der Waals surface area contributed by atoms with Crippen LogP contribution in [0.5, 0.6) is 11.5 Å². The van der Waals surface area contributed by atoms with Crippen molar-refractivity contribution < 1.29 is 23.1 Å². The summed E-state index contributed by atoms with van der Waals surface area (Å²) in [5, 5.41) is 0. The summed E-state index contributed by atoms with van der Waals surface area (Å²) in [4.78, 5) is 19.9. The molecule has 0 spiro atoms. The molecule has 0 bridgehead atoms. The fraction of sp³-hybridized carbons (Fsp3) is 0.259. The molecule has 0 unspecified atom stereocenters. The minimum Gasteiger partial charge on any atom is -0.497 e. The van der Waals surface area contributed by atoms with E-state index >= 15 is 0 Å². The number of nitrogens with zero attached hydrogens (tertiary/aromatic N) is 2. The molecule has 0 radical (unpaired) electrons. The van der Waals surface area contributed by atoms with Gasteiger partial charge >= 0.3 is 0 Å². The summed E-state index contributed by atoms with van der Waals surface area (Å²) < 4.78 is 30.4. The van der Waals surface area contributed by atoms with Crippen molar-refractivity contribution in [3.63, 3.8) is 0 Å². The maximum atomic E-state index is 13.7. The van der Waals surface area contributed by atoms with Crippen LogP contribution >= 0.6 is 0 Å². The number of rotatable bonds is 5. The second-order valence-corrected chi connectivity index (χ2v) is 8.46. The topological polar surface area (TPSA) is 64.8 Å². The summed E-state index contributed by atoms with van der Waals surface area (Å²) in [6.07, 6.45) is 1.63. The van der Waals surface area contributed by atoms with Crippen molar-refractivity contribution in [2.24, 2.45) is 0 Å². The highest BCUT2D eigenvalue weighted by Gasteiger charge is 2.34. The van der Waals surface area contributed by atoms with E-state index in [-0.39, 0.29) is 17.8 Å². The summed E-state index contributed by atoms with van der Waals surface area (Å²) in [5.74, 6) is 1.29. The Hall–Kier alpha value is -3.87. The first-order valence-electron chi connectivity index (χ1n) is 11.2. The lowest BCUT2D eigenvalue weighted by molar-refractivity contribution is 0.0716. The molecule has 1 amide bonds. The van der Waals surface area contributed by atoms with Crippen molar-refractivity contribution >= 4 is 17.0 Å². The molecule has 3 aromatic carbocycles. The normalized spacial score (nSPS) is 15.6. The highest BCUT2D eigenvalue weighted by molar-refractivity contribution is 5.95. The number of amides is 1. The quantitative estimate of drug-likeness (QED) is 0.369. The minimum absolute atomic E-state index is 0.121. The lowest BCUT2D eigenvalue weighted by Gasteiger charge is -2.22. The van der Waals surface area contributed by atoms with Crippen LogP contribution in [-0.4, -0.2) is 36.6 Å². The Bertz CT molecular complexity index is 1360. The second-order valence-electron chi connectivity index (χ2n) is 8.46. The number of methoxy groups -OCH3 is 2. The lowest BCUT2D eigenvalue weighted by atomic mass is 10.0. The van der Waals surface area contributed by atoms with Crippen molar-refractivity contribution in [3.8, 4) is 22.6 Å². The number of halogens is 1. The predicted octanol–water partition coefficient (Wildman–Crippen LogP) is 5.94. The number of hydrogen-bond acceptors (Lipinski definition) is 5. The molecule has 1 atom stereocenters. The number of ether oxygens (including phenoxy) is 2. The molecule has 1 fully saturated rings. The van der Waals surface area contributed by atoms with Crippen LogP contribution in [0.25, 0.3) is 22.2 Å². The molecule has 7 heteroatoms. The van der Waals surface area contributed by atoms with E-state index in [9.17, 15) is 9.18 Å². The SMILES string of the molecule is COc1cc(OC)cc(C(=O)N2CCC[C@H]2c2nc3cc(-c4ccc(F)c(C)c4)ccc3o2)c1. The van der Waals surface area contributed by atoms with Gasteiger partial charge in [-0.1, -0.05) is 12.1 Å². The zero-order valence-corrected chi connectivity index (χ0v) is 19.3. The van der Waals surface area contributed by atoms with Gasteiger partial charge in [-0.05, 0) is 72.9 Å². The van der Waals surface area contributed by atoms with E-state index in [0.29, 0.717) is 46.2 Å². The largest absolute Gasteiger partial charge is 0.497 e. The van der Waals surface area contributed by atoms with Gasteiger partial charge in [0.2, 0.25) is 5.89 Å². The smallest absolute Gasteiger partial charge is 0.254 e. The summed E-state index contributed by atoms with van der Waals surface area (Å²) >= 11 is 0. The average Bonchev–Trinajstić information content (AvgIpc) is 3.51. The molecule has 1 aliphatic heterocycles. The van der Waals surface area contributed by atoms with Crippen molar-refractivity contribution in [1.29, 1.82) is 0 Å². The van der Waals surface area contributed by atoms with Crippen LogP contribution in [0.3, 0.4) is 0 Å². The first kappa shape index (κ1) is 21.9. The van der Waals surface area contributed by atoms with Gasteiger partial charge in [0.1, 0.15) is 28.9 Å². The Morgan fingerprint density at radius 2 is 1.74 bits per heavy atom. The van der Waals surface area contributed by atoms with Crippen LogP contribution in [0.1, 0.15) is 40.7 Å². The molecule has 1 aliphatic rings. The van der Waals surface area contributed by atoms with Gasteiger partial charge in [0.25, 0.3) is 5.91 Å². The third kappa shape index (κ3) is 3.98. The first-order chi connectivity index (χ1) is 16.5. The van der Waals surface area contributed by atoms with Crippen molar-refractivity contribution in [3.05, 3.63) is 77.4 Å². The van der Waals surface area contributed by atoms with E-state index < -0.39 is 0 Å². The first-order valence-corrected chi connectivity index (χ1v) is 11.2. The average molecular weight is 461 g/mol. The summed E-state index contributed by atoms with van der Waals surface area (Å²) in [7, 11) is 3.11. The predicted molar refractivity (Wildman–Crippen MR) is 127 cm³/mol. The highest BCUT2D eigenvalue weighted by atomic mass is 19.1. The van der Waals surface area contributed by atoms with Crippen LogP contribution in [0.15, 0.2) is 59.0 Å². The van der Waals surface area contributed by atoms with Crippen LogP contribution in [-0.2, 0) is 0 Å². The van der Waals surface area contributed by atoms with Gasteiger partial charge in [-0.15, -0.1) is 0 Å². The molecule has 1 saturated heterocycles. The Kier molecular flexibility index (Phi) is 5.69. The number of hydrogen-bond donors (Lipinski definition) is 0. The molecule has 34 heavy (non-hydrogen) atoms. The van der Waals surface area contributed by atoms with E-state index in [1.54, 1.807) is 50.3 Å². The molecule has 1 aromatic heterocycles. The van der Waals surface area contributed by atoms with Gasteiger partial charge in [-0.2, -0.15) is 0 Å². The van der Waals surface area contributed by atoms with E-state index in [4.69, 9.17) is 18.9 Å². The van der Waals surface area contributed by atoms with Crippen LogP contribution in [0, 0.1) is 12.7 Å². The van der Waals surface area contributed by atoms with Gasteiger partial charge in [0.15, 0.2) is 5.58 Å². The Balaban J connectivity index is 1.46. The van der Waals surface area contributed by atoms with Gasteiger partial charge in [0, 0.05) is 18.2 Å². The van der Waals surface area contributed by atoms with E-state index in [0.717, 1.165) is 24.0 Å². The van der Waals surface area contributed by atoms with Crippen LogP contribution < -0.4 is 9.47 Å². The number of likely N-dealkylation sites (tertiary alicyclic amines) is 1. The fourth-order valence-corrected chi connectivity index (χ4v) is 4.45. The number of carbonyl (C=O) groups is 1. The molecule has 6 nitrogen and oxygen atoms in total. The van der Waals surface area contributed by atoms with Gasteiger partial charge in [0.05, 0.1) is 14.2 Å². The number of carbonyl (C=O) groups excluding carboxylic acids is 1. The zero-order valence-electron chi connectivity index (χ0n) is 19.3. The standard InChI is InChI=1S/C27H25FN2O4/c1-16-11-17(6-8-22(16)28)18-7-9-25-23(14-18)29-26(34-25)24-5-4-10-30(24)27(31)19-12-20(32-2)15-21(13-19)33-3/h6-9,11-15,24H,4-5,10H2,1-3H3/t24-/m0/s1. The molecular formula is C27H25FN2O4. The third-order valence-electron chi connectivity index (χ3n) is 6.29. The molecule has 2 heterocycles. The van der Waals surface area contributed by atoms with E-state index in [1.807, 2.05) is 24.3 Å². The van der Waals surface area contributed by atoms with Crippen LogP contribution in [0.4, 0.5) is 4.39 Å². The summed E-state index contributed by atoms with van der Waals surface area (Å²) in [5.41, 5.74) is 4.28. The summed E-state index contributed by atoms with van der Waals surface area (Å²) in [6, 6.07) is 15.7. The molecular weight excluding hydrogens is 435 g/mol. The zero-order chi connectivity index (χ0) is 23.8. The van der Waals surface area contributed by atoms with Gasteiger partial charge in [-0.25, -0.2) is 9.37 Å². The molecule has 0 aliphatic carbocycles. The van der Waals surface area contributed by atoms with Gasteiger partial charge < -0.3 is 18.8 Å². The molecule has 0 saturated carbocycles. The number of benzene rings is 3. The Morgan fingerprint density at radius 3 is 2.44 bits per heavy atom. The lowest BCUT2D eigenvalue weighted by Crippen LogP contribution is -2.30. The monoisotopic (exact) mass is 460 g/mol. The van der Waals surface area contributed by atoms with Crippen molar-refractivity contribution in [1.82, 2.24) is 9.88 Å². The number of oxazole rings is 1. The van der Waals surface area contributed by atoms with E-state index in [2.05, 4.69) is 0 Å². The Labute approximate surface area is 196 Å². The molecule has 4 aromatic rings. The van der Waals surface area contributed by atoms with E-state index in [1.165, 1.54) is 6.07 Å². The number of aromatic nitrogens is 1. The van der Waals surface area contributed by atoms with Gasteiger partial charge in [-0.3, -0.25) is 4.79 Å². The highest BCUT2D eigenvalue weighted by Crippen LogP contribution is 2.36. The maximum Gasteiger partial charge on any atom is 0.254 e. The second kappa shape index (κ2) is 8.82. The van der Waals surface area contributed by atoms with Crippen LogP contribution in [0.2, 0.25) is 0 Å². The molecule has 5 rings (SSSR count). The maximum absolute atomic E-state index is 13.7. The van der Waals surface area contributed by atoms with Crippen molar-refractivity contribution in [2.45, 2.75) is 25.8 Å². The molecule has 174 valence electrons. The number of aryl methyl sites for hydroxylation is 1. The fourth-order valence-electron chi connectivity index (χ4n) is 4.45. The minimum atomic E-state index is -0.256. The third-order valence-corrected chi connectivity index (χ3v) is 6.29. The molecule has 0 N–H and O–H groups in total.